The smallest absolute Gasteiger partial charge is 0.261 e. The van der Waals surface area contributed by atoms with Crippen LogP contribution in [0.1, 0.15) is 54.5 Å². The topological polar surface area (TPSA) is 54.0 Å². The van der Waals surface area contributed by atoms with Gasteiger partial charge < -0.3 is 10.6 Å². The van der Waals surface area contributed by atoms with Crippen LogP contribution in [0.25, 0.3) is 10.2 Å². The molecule has 136 valence electrons. The van der Waals surface area contributed by atoms with Crippen LogP contribution < -0.4 is 10.6 Å². The molecule has 0 aromatic carbocycles. The number of aryl methyl sites for hydroxylation is 1. The number of hydrogen-bond acceptors (Lipinski definition) is 4. The van der Waals surface area contributed by atoms with Crippen LogP contribution in [0.4, 0.5) is 0 Å². The number of rotatable bonds is 6. The summed E-state index contributed by atoms with van der Waals surface area (Å²) in [6.07, 6.45) is 4.59. The Balaban J connectivity index is 1.82. The highest BCUT2D eigenvalue weighted by Gasteiger charge is 2.31. The van der Waals surface area contributed by atoms with E-state index in [1.165, 1.54) is 35.4 Å². The Morgan fingerprint density at radius 2 is 2.16 bits per heavy atom. The first kappa shape index (κ1) is 18.3. The van der Waals surface area contributed by atoms with E-state index >= 15 is 0 Å². The molecule has 2 heterocycles. The number of nitrogens with one attached hydrogen (secondary N) is 2. The van der Waals surface area contributed by atoms with E-state index in [4.69, 9.17) is 4.98 Å². The van der Waals surface area contributed by atoms with Crippen LogP contribution in [0.15, 0.2) is 12.1 Å². The van der Waals surface area contributed by atoms with Gasteiger partial charge in [0.1, 0.15) is 4.83 Å². The van der Waals surface area contributed by atoms with Gasteiger partial charge >= 0.3 is 0 Å². The molecule has 1 aliphatic rings. The van der Waals surface area contributed by atoms with E-state index < -0.39 is 0 Å². The Morgan fingerprint density at radius 3 is 2.88 bits per heavy atom. The standard InChI is InChI=1S/C20H29N3OS/c1-5-20(2,3)15-6-7-16-13(11-15)10-14-12-17(25-19(14)23-16)18(24)22-9-8-21-4/h10,12,15,21H,5-9,11H2,1-4H3,(H,22,24). The summed E-state index contributed by atoms with van der Waals surface area (Å²) in [7, 11) is 1.88. The number of likely N-dealkylation sites (N-methyl/N-ethyl adjacent to an activating group) is 1. The van der Waals surface area contributed by atoms with E-state index in [9.17, 15) is 4.79 Å². The fraction of sp³-hybridized carbons (Fsp3) is 0.600. The molecule has 0 saturated carbocycles. The molecular formula is C20H29N3OS. The van der Waals surface area contributed by atoms with E-state index in [-0.39, 0.29) is 5.91 Å². The Kier molecular flexibility index (Phi) is 5.44. The lowest BCUT2D eigenvalue weighted by atomic mass is 9.69. The monoisotopic (exact) mass is 359 g/mol. The molecule has 0 radical (unpaired) electrons. The minimum absolute atomic E-state index is 0.00112. The van der Waals surface area contributed by atoms with Gasteiger partial charge in [-0.25, -0.2) is 4.98 Å². The number of thiophene rings is 1. The van der Waals surface area contributed by atoms with Gasteiger partial charge in [-0.3, -0.25) is 4.79 Å². The summed E-state index contributed by atoms with van der Waals surface area (Å²) in [5, 5.41) is 7.09. The van der Waals surface area contributed by atoms with Crippen molar-refractivity contribution in [2.45, 2.75) is 46.5 Å². The molecule has 0 bridgehead atoms. The SMILES string of the molecule is CCC(C)(C)C1CCc2nc3sc(C(=O)NCCNC)cc3cc2C1. The van der Waals surface area contributed by atoms with E-state index in [2.05, 4.69) is 37.5 Å². The van der Waals surface area contributed by atoms with Crippen molar-refractivity contribution in [2.75, 3.05) is 20.1 Å². The summed E-state index contributed by atoms with van der Waals surface area (Å²) in [6.45, 7) is 8.47. The maximum absolute atomic E-state index is 12.3. The van der Waals surface area contributed by atoms with Crippen LogP contribution in [0.3, 0.4) is 0 Å². The normalized spacial score (nSPS) is 17.5. The van der Waals surface area contributed by atoms with Gasteiger partial charge in [0.25, 0.3) is 5.91 Å². The molecule has 25 heavy (non-hydrogen) atoms. The minimum atomic E-state index is 0.00112. The van der Waals surface area contributed by atoms with Gasteiger partial charge in [-0.1, -0.05) is 27.2 Å². The Bertz CT molecular complexity index is 766. The summed E-state index contributed by atoms with van der Waals surface area (Å²) in [5.74, 6) is 0.716. The van der Waals surface area contributed by atoms with Gasteiger partial charge in [0.15, 0.2) is 0 Å². The summed E-state index contributed by atoms with van der Waals surface area (Å²) >= 11 is 1.50. The number of amides is 1. The average Bonchev–Trinajstić information content (AvgIpc) is 3.02. The number of aromatic nitrogens is 1. The van der Waals surface area contributed by atoms with Gasteiger partial charge in [0.05, 0.1) is 4.88 Å². The molecule has 1 amide bonds. The largest absolute Gasteiger partial charge is 0.350 e. The maximum Gasteiger partial charge on any atom is 0.261 e. The van der Waals surface area contributed by atoms with Crippen molar-refractivity contribution in [1.29, 1.82) is 0 Å². The highest BCUT2D eigenvalue weighted by atomic mass is 32.1. The Labute approximate surface area is 154 Å². The lowest BCUT2D eigenvalue weighted by Gasteiger charge is -2.36. The molecule has 4 nitrogen and oxygen atoms in total. The highest BCUT2D eigenvalue weighted by Crippen LogP contribution is 2.40. The van der Waals surface area contributed by atoms with Gasteiger partial charge in [-0.15, -0.1) is 11.3 Å². The molecule has 1 unspecified atom stereocenters. The van der Waals surface area contributed by atoms with Gasteiger partial charge in [0.2, 0.25) is 0 Å². The zero-order chi connectivity index (χ0) is 18.0. The number of nitrogens with zero attached hydrogens (tertiary/aromatic N) is 1. The van der Waals surface area contributed by atoms with Crippen LogP contribution in [0.2, 0.25) is 0 Å². The third-order valence-corrected chi connectivity index (χ3v) is 6.82. The quantitative estimate of drug-likeness (QED) is 0.772. The summed E-state index contributed by atoms with van der Waals surface area (Å²) < 4.78 is 0. The maximum atomic E-state index is 12.3. The van der Waals surface area contributed by atoms with Crippen LogP contribution >= 0.6 is 11.3 Å². The summed E-state index contributed by atoms with van der Waals surface area (Å²) in [5.41, 5.74) is 2.99. The number of pyridine rings is 1. The molecule has 0 spiro atoms. The number of carbonyl (C=O) groups excluding carboxylic acids is 1. The predicted octanol–water partition coefficient (Wildman–Crippen LogP) is 3.79. The van der Waals surface area contributed by atoms with Crippen molar-refractivity contribution in [3.8, 4) is 0 Å². The molecule has 1 atom stereocenters. The first-order chi connectivity index (χ1) is 11.9. The predicted molar refractivity (Wildman–Crippen MR) is 105 cm³/mol. The van der Waals surface area contributed by atoms with Crippen molar-refractivity contribution < 1.29 is 4.79 Å². The van der Waals surface area contributed by atoms with Crippen molar-refractivity contribution in [2.24, 2.45) is 11.3 Å². The average molecular weight is 360 g/mol. The second-order valence-corrected chi connectivity index (χ2v) is 8.77. The minimum Gasteiger partial charge on any atom is -0.350 e. The van der Waals surface area contributed by atoms with Crippen molar-refractivity contribution in [3.05, 3.63) is 28.3 Å². The molecular weight excluding hydrogens is 330 g/mol. The second kappa shape index (κ2) is 7.42. The van der Waals surface area contributed by atoms with E-state index in [1.54, 1.807) is 0 Å². The zero-order valence-electron chi connectivity index (χ0n) is 15.7. The third kappa shape index (κ3) is 3.87. The van der Waals surface area contributed by atoms with Crippen molar-refractivity contribution in [1.82, 2.24) is 15.6 Å². The third-order valence-electron chi connectivity index (χ3n) is 5.77. The van der Waals surface area contributed by atoms with Crippen LogP contribution in [0.5, 0.6) is 0 Å². The highest BCUT2D eigenvalue weighted by molar-refractivity contribution is 7.20. The van der Waals surface area contributed by atoms with Crippen LogP contribution in [-0.4, -0.2) is 31.0 Å². The van der Waals surface area contributed by atoms with Crippen LogP contribution in [-0.2, 0) is 12.8 Å². The fourth-order valence-electron chi connectivity index (χ4n) is 3.58. The first-order valence-electron chi connectivity index (χ1n) is 9.29. The van der Waals surface area contributed by atoms with Crippen LogP contribution in [0, 0.1) is 11.3 Å². The Hall–Kier alpha value is -1.46. The molecule has 0 fully saturated rings. The second-order valence-electron chi connectivity index (χ2n) is 7.74. The lowest BCUT2D eigenvalue weighted by molar-refractivity contribution is 0.0958. The lowest BCUT2D eigenvalue weighted by Crippen LogP contribution is -2.29. The molecule has 0 saturated heterocycles. The fourth-order valence-corrected chi connectivity index (χ4v) is 4.53. The zero-order valence-corrected chi connectivity index (χ0v) is 16.6. The molecule has 0 aliphatic heterocycles. The molecule has 3 rings (SSSR count). The van der Waals surface area contributed by atoms with Gasteiger partial charge in [-0.05, 0) is 55.3 Å². The van der Waals surface area contributed by atoms with Gasteiger partial charge in [0, 0.05) is 24.2 Å². The molecule has 2 aromatic heterocycles. The molecule has 5 heteroatoms. The van der Waals surface area contributed by atoms with E-state index in [1.807, 2.05) is 13.1 Å². The van der Waals surface area contributed by atoms with E-state index in [0.29, 0.717) is 17.9 Å². The molecule has 1 aliphatic carbocycles. The number of hydrogen-bond donors (Lipinski definition) is 2. The van der Waals surface area contributed by atoms with Crippen molar-refractivity contribution in [3.63, 3.8) is 0 Å². The number of fused-ring (bicyclic) bond motifs is 2. The van der Waals surface area contributed by atoms with E-state index in [0.717, 1.165) is 34.5 Å². The molecule has 2 N–H and O–H groups in total. The van der Waals surface area contributed by atoms with Crippen molar-refractivity contribution >= 4 is 27.5 Å². The summed E-state index contributed by atoms with van der Waals surface area (Å²) in [4.78, 5) is 18.9. The summed E-state index contributed by atoms with van der Waals surface area (Å²) in [6, 6.07) is 4.27. The van der Waals surface area contributed by atoms with Gasteiger partial charge in [-0.2, -0.15) is 0 Å². The number of carbonyl (C=O) groups is 1. The molecule has 2 aromatic rings. The Morgan fingerprint density at radius 1 is 1.36 bits per heavy atom. The first-order valence-corrected chi connectivity index (χ1v) is 10.1.